The number of piperidine rings is 1. The molecular formula is C32H45N3O5S. The maximum absolute atomic E-state index is 14.0. The van der Waals surface area contributed by atoms with Crippen LogP contribution in [0.5, 0.6) is 5.75 Å². The summed E-state index contributed by atoms with van der Waals surface area (Å²) in [6.45, 7) is 3.43. The van der Waals surface area contributed by atoms with E-state index in [4.69, 9.17) is 4.74 Å². The van der Waals surface area contributed by atoms with Gasteiger partial charge in [-0.3, -0.25) is 9.59 Å². The number of nitrogens with zero attached hydrogens (tertiary/aromatic N) is 3. The summed E-state index contributed by atoms with van der Waals surface area (Å²) in [7, 11) is -1.92. The summed E-state index contributed by atoms with van der Waals surface area (Å²) in [6, 6.07) is 17.3. The molecule has 1 aliphatic heterocycles. The lowest BCUT2D eigenvalue weighted by atomic mass is 9.89. The Morgan fingerprint density at radius 2 is 1.56 bits per heavy atom. The van der Waals surface area contributed by atoms with E-state index < -0.39 is 10.0 Å². The average Bonchev–Trinajstić information content (AvgIpc) is 3.01. The molecule has 4 rings (SSSR count). The highest BCUT2D eigenvalue weighted by Crippen LogP contribution is 2.26. The number of methoxy groups -OCH3 is 1. The molecular weight excluding hydrogens is 538 g/mol. The van der Waals surface area contributed by atoms with Gasteiger partial charge in [-0.05, 0) is 61.8 Å². The van der Waals surface area contributed by atoms with Gasteiger partial charge in [-0.2, -0.15) is 4.31 Å². The summed E-state index contributed by atoms with van der Waals surface area (Å²) in [4.78, 5) is 30.7. The van der Waals surface area contributed by atoms with Crippen LogP contribution in [0.4, 0.5) is 0 Å². The Balaban J connectivity index is 1.47. The monoisotopic (exact) mass is 583 g/mol. The number of benzene rings is 2. The molecule has 8 nitrogen and oxygen atoms in total. The van der Waals surface area contributed by atoms with E-state index in [1.54, 1.807) is 14.0 Å². The number of rotatable bonds is 12. The van der Waals surface area contributed by atoms with Gasteiger partial charge >= 0.3 is 0 Å². The number of ether oxygens (including phenoxy) is 1. The molecule has 1 aliphatic carbocycles. The Kier molecular flexibility index (Phi) is 11.2. The fourth-order valence-corrected chi connectivity index (χ4v) is 7.13. The summed E-state index contributed by atoms with van der Waals surface area (Å²) in [5, 5.41) is 0. The molecule has 1 heterocycles. The topological polar surface area (TPSA) is 87.2 Å². The van der Waals surface area contributed by atoms with Crippen LogP contribution in [0.25, 0.3) is 0 Å². The first kappa shape index (κ1) is 31.0. The van der Waals surface area contributed by atoms with Crippen molar-refractivity contribution >= 4 is 21.8 Å². The van der Waals surface area contributed by atoms with E-state index in [-0.39, 0.29) is 30.2 Å². The minimum absolute atomic E-state index is 0.0204. The number of carbonyl (C=O) groups excluding carboxylic acids is 2. The molecule has 0 N–H and O–H groups in total. The fraction of sp³-hybridized carbons (Fsp3) is 0.562. The van der Waals surface area contributed by atoms with E-state index in [1.165, 1.54) is 10.7 Å². The molecule has 1 saturated heterocycles. The number of sulfonamides is 1. The molecule has 0 unspecified atom stereocenters. The van der Waals surface area contributed by atoms with E-state index in [2.05, 4.69) is 0 Å². The van der Waals surface area contributed by atoms with E-state index >= 15 is 0 Å². The second-order valence-corrected chi connectivity index (χ2v) is 13.6. The summed E-state index contributed by atoms with van der Waals surface area (Å²) in [5.74, 6) is 0.933. The van der Waals surface area contributed by atoms with Crippen LogP contribution < -0.4 is 4.74 Å². The second-order valence-electron chi connectivity index (χ2n) is 11.3. The predicted molar refractivity (Wildman–Crippen MR) is 161 cm³/mol. The van der Waals surface area contributed by atoms with Crippen LogP contribution >= 0.6 is 0 Å². The molecule has 224 valence electrons. The molecule has 2 aromatic rings. The molecule has 0 bridgehead atoms. The zero-order valence-corrected chi connectivity index (χ0v) is 25.4. The van der Waals surface area contributed by atoms with Gasteiger partial charge in [-0.1, -0.05) is 61.7 Å². The Hall–Kier alpha value is -2.91. The van der Waals surface area contributed by atoms with Crippen LogP contribution in [0.3, 0.4) is 0 Å². The lowest BCUT2D eigenvalue weighted by Gasteiger charge is -2.39. The van der Waals surface area contributed by atoms with Gasteiger partial charge in [0.15, 0.2) is 0 Å². The Morgan fingerprint density at radius 3 is 2.17 bits per heavy atom. The highest BCUT2D eigenvalue weighted by Gasteiger charge is 2.33. The van der Waals surface area contributed by atoms with Gasteiger partial charge < -0.3 is 14.5 Å². The van der Waals surface area contributed by atoms with Crippen molar-refractivity contribution in [1.29, 1.82) is 0 Å². The Labute approximate surface area is 245 Å². The first-order chi connectivity index (χ1) is 19.8. The van der Waals surface area contributed by atoms with Crippen molar-refractivity contribution in [2.24, 2.45) is 5.92 Å². The van der Waals surface area contributed by atoms with Crippen LogP contribution in [-0.2, 0) is 32.6 Å². The van der Waals surface area contributed by atoms with E-state index in [0.717, 1.165) is 42.6 Å². The zero-order valence-electron chi connectivity index (χ0n) is 24.5. The summed E-state index contributed by atoms with van der Waals surface area (Å²) >= 11 is 0. The zero-order chi connectivity index (χ0) is 29.2. The van der Waals surface area contributed by atoms with Crippen molar-refractivity contribution < 1.29 is 22.7 Å². The molecule has 0 atom stereocenters. The lowest BCUT2D eigenvalue weighted by Crippen LogP contribution is -2.52. The number of hydrogen-bond acceptors (Lipinski definition) is 5. The third-order valence-electron chi connectivity index (χ3n) is 8.54. The molecule has 0 radical (unpaired) electrons. The van der Waals surface area contributed by atoms with Gasteiger partial charge in [0.25, 0.3) is 0 Å². The number of carbonyl (C=O) groups is 2. The largest absolute Gasteiger partial charge is 0.497 e. The molecule has 0 spiro atoms. The standard InChI is InChI=1S/C32H45N3O5S/c1-3-41(38,39)34(23-27-12-8-5-9-13-27)25-32(37)35(24-28-14-16-30(40-2)17-15-28)29-18-20-33(21-19-29)31(36)22-26-10-6-4-7-11-26/h4,6-7,10-11,14-17,27,29H,3,5,8-9,12-13,18-25H2,1-2H3. The SMILES string of the molecule is CCS(=O)(=O)N(CC(=O)N(Cc1ccc(OC)cc1)C1CCN(C(=O)Cc2ccccc2)CC1)CC1CCCCC1. The fourth-order valence-electron chi connectivity index (χ4n) is 6.02. The molecule has 2 aliphatic rings. The Morgan fingerprint density at radius 1 is 0.902 bits per heavy atom. The molecule has 41 heavy (non-hydrogen) atoms. The highest BCUT2D eigenvalue weighted by atomic mass is 32.2. The summed E-state index contributed by atoms with van der Waals surface area (Å²) < 4.78 is 32.9. The smallest absolute Gasteiger partial charge is 0.238 e. The first-order valence-electron chi connectivity index (χ1n) is 15.0. The lowest BCUT2D eigenvalue weighted by molar-refractivity contribution is -0.137. The van der Waals surface area contributed by atoms with Crippen LogP contribution in [0, 0.1) is 5.92 Å². The molecule has 9 heteroatoms. The van der Waals surface area contributed by atoms with Gasteiger partial charge in [0.1, 0.15) is 5.75 Å². The van der Waals surface area contributed by atoms with Crippen LogP contribution in [-0.4, -0.2) is 79.4 Å². The minimum atomic E-state index is -3.53. The third kappa shape index (κ3) is 8.79. The Bertz CT molecular complexity index is 1220. The summed E-state index contributed by atoms with van der Waals surface area (Å²) in [5.41, 5.74) is 1.95. The van der Waals surface area contributed by atoms with Crippen molar-refractivity contribution in [3.05, 3.63) is 65.7 Å². The van der Waals surface area contributed by atoms with Crippen LogP contribution in [0.2, 0.25) is 0 Å². The number of likely N-dealkylation sites (tertiary alicyclic amines) is 1. The maximum atomic E-state index is 14.0. The van der Waals surface area contributed by atoms with E-state index in [0.29, 0.717) is 51.4 Å². The van der Waals surface area contributed by atoms with Crippen molar-refractivity contribution in [2.75, 3.05) is 39.0 Å². The maximum Gasteiger partial charge on any atom is 0.238 e. The van der Waals surface area contributed by atoms with Crippen molar-refractivity contribution in [2.45, 2.75) is 70.9 Å². The van der Waals surface area contributed by atoms with Gasteiger partial charge in [-0.15, -0.1) is 0 Å². The van der Waals surface area contributed by atoms with Crippen molar-refractivity contribution in [3.63, 3.8) is 0 Å². The molecule has 0 aromatic heterocycles. The first-order valence-corrected chi connectivity index (χ1v) is 16.6. The predicted octanol–water partition coefficient (Wildman–Crippen LogP) is 4.49. The number of hydrogen-bond donors (Lipinski definition) is 0. The highest BCUT2D eigenvalue weighted by molar-refractivity contribution is 7.89. The minimum Gasteiger partial charge on any atom is -0.497 e. The average molecular weight is 584 g/mol. The van der Waals surface area contributed by atoms with Gasteiger partial charge in [-0.25, -0.2) is 8.42 Å². The van der Waals surface area contributed by atoms with Crippen molar-refractivity contribution in [3.8, 4) is 5.75 Å². The number of amides is 2. The van der Waals surface area contributed by atoms with Gasteiger partial charge in [0, 0.05) is 32.2 Å². The van der Waals surface area contributed by atoms with Crippen molar-refractivity contribution in [1.82, 2.24) is 14.1 Å². The van der Waals surface area contributed by atoms with E-state index in [1.807, 2.05) is 64.4 Å². The molecule has 2 amide bonds. The van der Waals surface area contributed by atoms with Crippen LogP contribution in [0.15, 0.2) is 54.6 Å². The van der Waals surface area contributed by atoms with Gasteiger partial charge in [0.2, 0.25) is 21.8 Å². The molecule has 2 fully saturated rings. The van der Waals surface area contributed by atoms with Crippen LogP contribution in [0.1, 0.15) is 63.0 Å². The third-order valence-corrected chi connectivity index (χ3v) is 10.3. The van der Waals surface area contributed by atoms with E-state index in [9.17, 15) is 18.0 Å². The normalized spacial score (nSPS) is 17.0. The van der Waals surface area contributed by atoms with Gasteiger partial charge in [0.05, 0.1) is 25.8 Å². The molecule has 1 saturated carbocycles. The molecule has 2 aromatic carbocycles. The second kappa shape index (κ2) is 14.8. The quantitative estimate of drug-likeness (QED) is 0.368. The summed E-state index contributed by atoms with van der Waals surface area (Å²) in [6.07, 6.45) is 7.12.